The van der Waals surface area contributed by atoms with Gasteiger partial charge in [0.05, 0.1) is 0 Å². The molecule has 0 unspecified atom stereocenters. The van der Waals surface area contributed by atoms with Gasteiger partial charge in [-0.1, -0.05) is 19.3 Å². The van der Waals surface area contributed by atoms with Crippen molar-refractivity contribution in [3.8, 4) is 0 Å². The van der Waals surface area contributed by atoms with E-state index in [-0.39, 0.29) is 0 Å². The topological polar surface area (TPSA) is 99.8 Å². The molecule has 0 atom stereocenters. The van der Waals surface area contributed by atoms with Crippen LogP contribution in [0.1, 0.15) is 48.5 Å². The molecule has 1 aliphatic carbocycles. The molecule has 1 saturated carbocycles. The molecule has 0 saturated heterocycles. The number of amides is 1. The van der Waals surface area contributed by atoms with Crippen molar-refractivity contribution >= 4 is 22.9 Å². The van der Waals surface area contributed by atoms with E-state index in [2.05, 4.69) is 9.97 Å². The zero-order valence-electron chi connectivity index (χ0n) is 10.7. The van der Waals surface area contributed by atoms with Crippen molar-refractivity contribution in [2.24, 2.45) is 5.73 Å². The van der Waals surface area contributed by atoms with E-state index < -0.39 is 5.91 Å². The zero-order valence-corrected chi connectivity index (χ0v) is 10.7. The summed E-state index contributed by atoms with van der Waals surface area (Å²) in [4.78, 5) is 20.1. The minimum absolute atomic E-state index is 0.293. The number of aromatic nitrogens is 3. The highest BCUT2D eigenvalue weighted by Crippen LogP contribution is 2.35. The highest BCUT2D eigenvalue weighted by molar-refractivity contribution is 6.08. The Kier molecular flexibility index (Phi) is 2.85. The lowest BCUT2D eigenvalue weighted by Gasteiger charge is -2.24. The summed E-state index contributed by atoms with van der Waals surface area (Å²) >= 11 is 0. The fraction of sp³-hybridized carbons (Fsp3) is 0.462. The molecule has 2 aromatic rings. The fourth-order valence-electron chi connectivity index (χ4n) is 2.99. The van der Waals surface area contributed by atoms with E-state index >= 15 is 0 Å². The van der Waals surface area contributed by atoms with Crippen LogP contribution in [0.5, 0.6) is 0 Å². The number of nitrogens with zero attached hydrogens (tertiary/aromatic N) is 3. The van der Waals surface area contributed by atoms with Crippen LogP contribution in [0, 0.1) is 0 Å². The largest absolute Gasteiger partial charge is 0.384 e. The fourth-order valence-corrected chi connectivity index (χ4v) is 2.99. The molecular weight excluding hydrogens is 242 g/mol. The van der Waals surface area contributed by atoms with Crippen molar-refractivity contribution in [2.75, 3.05) is 5.73 Å². The maximum absolute atomic E-state index is 11.6. The van der Waals surface area contributed by atoms with Gasteiger partial charge in [-0.2, -0.15) is 0 Å². The first-order valence-corrected chi connectivity index (χ1v) is 6.60. The van der Waals surface area contributed by atoms with Crippen LogP contribution < -0.4 is 11.5 Å². The third kappa shape index (κ3) is 1.83. The van der Waals surface area contributed by atoms with Gasteiger partial charge in [-0.15, -0.1) is 0 Å². The summed E-state index contributed by atoms with van der Waals surface area (Å²) in [6.07, 6.45) is 8.90. The average molecular weight is 259 g/mol. The molecule has 0 spiro atoms. The van der Waals surface area contributed by atoms with E-state index in [0.29, 0.717) is 28.6 Å². The van der Waals surface area contributed by atoms with Crippen molar-refractivity contribution in [2.45, 2.75) is 38.1 Å². The van der Waals surface area contributed by atoms with Crippen LogP contribution in [0.4, 0.5) is 5.82 Å². The molecule has 1 aliphatic rings. The summed E-state index contributed by atoms with van der Waals surface area (Å²) in [6, 6.07) is 0.293. The van der Waals surface area contributed by atoms with Crippen LogP contribution in [0.2, 0.25) is 0 Å². The maximum atomic E-state index is 11.6. The molecule has 0 bridgehead atoms. The summed E-state index contributed by atoms with van der Waals surface area (Å²) < 4.78 is 1.95. The number of nitrogens with two attached hydrogens (primary N) is 2. The quantitative estimate of drug-likeness (QED) is 0.855. The van der Waals surface area contributed by atoms with Gasteiger partial charge in [-0.3, -0.25) is 9.78 Å². The Morgan fingerprint density at radius 3 is 2.58 bits per heavy atom. The highest BCUT2D eigenvalue weighted by atomic mass is 16.1. The second-order valence-corrected chi connectivity index (χ2v) is 5.01. The predicted octanol–water partition coefficient (Wildman–Crippen LogP) is 1.62. The van der Waals surface area contributed by atoms with Crippen LogP contribution in [-0.2, 0) is 0 Å². The number of rotatable bonds is 2. The number of carbonyl (C=O) groups is 1. The highest BCUT2D eigenvalue weighted by Gasteiger charge is 2.26. The second-order valence-electron chi connectivity index (χ2n) is 5.01. The number of carbonyl (C=O) groups excluding carboxylic acids is 1. The number of primary amides is 1. The SMILES string of the molecule is NC(=O)c1c(N)n(C2CCCCC2)c2nccnc12. The summed E-state index contributed by atoms with van der Waals surface area (Å²) in [6.45, 7) is 0. The molecule has 6 nitrogen and oxygen atoms in total. The predicted molar refractivity (Wildman–Crippen MR) is 72.6 cm³/mol. The third-order valence-electron chi connectivity index (χ3n) is 3.85. The van der Waals surface area contributed by atoms with Gasteiger partial charge < -0.3 is 16.0 Å². The van der Waals surface area contributed by atoms with Crippen LogP contribution in [0.15, 0.2) is 12.4 Å². The molecule has 0 aromatic carbocycles. The first kappa shape index (κ1) is 12.0. The van der Waals surface area contributed by atoms with Gasteiger partial charge in [0, 0.05) is 18.4 Å². The lowest BCUT2D eigenvalue weighted by molar-refractivity contribution is 0.100. The van der Waals surface area contributed by atoms with Crippen LogP contribution in [0.25, 0.3) is 11.2 Å². The number of anilines is 1. The van der Waals surface area contributed by atoms with Gasteiger partial charge >= 0.3 is 0 Å². The summed E-state index contributed by atoms with van der Waals surface area (Å²) in [5, 5.41) is 0. The third-order valence-corrected chi connectivity index (χ3v) is 3.85. The summed E-state index contributed by atoms with van der Waals surface area (Å²) in [5.74, 6) is -0.141. The molecule has 2 aromatic heterocycles. The Balaban J connectivity index is 2.23. The van der Waals surface area contributed by atoms with E-state index in [0.717, 1.165) is 12.8 Å². The Bertz CT molecular complexity index is 627. The smallest absolute Gasteiger partial charge is 0.254 e. The van der Waals surface area contributed by atoms with Crippen LogP contribution in [0.3, 0.4) is 0 Å². The van der Waals surface area contributed by atoms with Crippen molar-refractivity contribution in [1.82, 2.24) is 14.5 Å². The number of nitrogen functional groups attached to an aromatic ring is 1. The minimum Gasteiger partial charge on any atom is -0.384 e. The second kappa shape index (κ2) is 4.53. The van der Waals surface area contributed by atoms with Crippen molar-refractivity contribution < 1.29 is 4.79 Å². The first-order chi connectivity index (χ1) is 9.20. The van der Waals surface area contributed by atoms with Gasteiger partial charge in [-0.05, 0) is 12.8 Å². The number of fused-ring (bicyclic) bond motifs is 1. The van der Waals surface area contributed by atoms with E-state index in [1.165, 1.54) is 19.3 Å². The Morgan fingerprint density at radius 2 is 1.89 bits per heavy atom. The monoisotopic (exact) mass is 259 g/mol. The molecule has 4 N–H and O–H groups in total. The van der Waals surface area contributed by atoms with E-state index in [9.17, 15) is 4.79 Å². The zero-order chi connectivity index (χ0) is 13.4. The maximum Gasteiger partial charge on any atom is 0.254 e. The van der Waals surface area contributed by atoms with Gasteiger partial charge in [-0.25, -0.2) is 4.98 Å². The molecule has 0 aliphatic heterocycles. The molecule has 1 fully saturated rings. The van der Waals surface area contributed by atoms with Crippen LogP contribution >= 0.6 is 0 Å². The Morgan fingerprint density at radius 1 is 1.21 bits per heavy atom. The van der Waals surface area contributed by atoms with Crippen molar-refractivity contribution in [3.63, 3.8) is 0 Å². The van der Waals surface area contributed by atoms with Gasteiger partial charge in [0.15, 0.2) is 5.65 Å². The molecule has 1 amide bonds. The molecular formula is C13H17N5O. The average Bonchev–Trinajstić information content (AvgIpc) is 2.71. The van der Waals surface area contributed by atoms with Crippen LogP contribution in [-0.4, -0.2) is 20.4 Å². The van der Waals surface area contributed by atoms with Gasteiger partial charge in [0.25, 0.3) is 5.91 Å². The van der Waals surface area contributed by atoms with Crippen molar-refractivity contribution in [3.05, 3.63) is 18.0 Å². The lowest BCUT2D eigenvalue weighted by atomic mass is 9.95. The number of hydrogen-bond donors (Lipinski definition) is 2. The molecule has 100 valence electrons. The van der Waals surface area contributed by atoms with Crippen molar-refractivity contribution in [1.29, 1.82) is 0 Å². The normalized spacial score (nSPS) is 16.8. The van der Waals surface area contributed by atoms with Gasteiger partial charge in [0.1, 0.15) is 16.9 Å². The number of hydrogen-bond acceptors (Lipinski definition) is 4. The Labute approximate surface area is 110 Å². The van der Waals surface area contributed by atoms with E-state index in [4.69, 9.17) is 11.5 Å². The lowest BCUT2D eigenvalue weighted by Crippen LogP contribution is -2.17. The standard InChI is InChI=1S/C13H17N5O/c14-11-9(12(15)19)10-13(17-7-6-16-10)18(11)8-4-2-1-3-5-8/h6-8H,1-5,14H2,(H2,15,19). The molecule has 6 heteroatoms. The first-order valence-electron chi connectivity index (χ1n) is 6.60. The summed E-state index contributed by atoms with van der Waals surface area (Å²) in [5.41, 5.74) is 13.0. The summed E-state index contributed by atoms with van der Waals surface area (Å²) in [7, 11) is 0. The Hall–Kier alpha value is -2.11. The van der Waals surface area contributed by atoms with Gasteiger partial charge in [0.2, 0.25) is 0 Å². The molecule has 3 rings (SSSR count). The molecule has 2 heterocycles. The minimum atomic E-state index is -0.544. The molecule has 19 heavy (non-hydrogen) atoms. The molecule has 0 radical (unpaired) electrons. The van der Waals surface area contributed by atoms with E-state index in [1.54, 1.807) is 12.4 Å². The van der Waals surface area contributed by atoms with E-state index in [1.807, 2.05) is 4.57 Å².